The first-order chi connectivity index (χ1) is 7.06. The van der Waals surface area contributed by atoms with Crippen LogP contribution in [0, 0.1) is 6.92 Å². The third kappa shape index (κ3) is 2.86. The predicted octanol–water partition coefficient (Wildman–Crippen LogP) is 0.986. The average molecular weight is 225 g/mol. The van der Waals surface area contributed by atoms with Crippen LogP contribution in [-0.4, -0.2) is 14.8 Å². The van der Waals surface area contributed by atoms with Crippen LogP contribution in [-0.2, 0) is 6.54 Å². The lowest BCUT2D eigenvalue weighted by atomic mass is 10.2. The standard InChI is InChI=1S/C10H15N3OS/c1-3-4-5-13-10(14)8(9(11)15)6-7(2)12-13/h6H,3-5H2,1-2H3,(H2,11,15). The van der Waals surface area contributed by atoms with Crippen molar-refractivity contribution in [1.29, 1.82) is 0 Å². The summed E-state index contributed by atoms with van der Waals surface area (Å²) < 4.78 is 1.44. The van der Waals surface area contributed by atoms with Gasteiger partial charge in [-0.1, -0.05) is 25.6 Å². The van der Waals surface area contributed by atoms with E-state index in [-0.39, 0.29) is 10.5 Å². The maximum absolute atomic E-state index is 11.8. The monoisotopic (exact) mass is 225 g/mol. The molecule has 1 heterocycles. The zero-order valence-electron chi connectivity index (χ0n) is 8.99. The largest absolute Gasteiger partial charge is 0.389 e. The normalized spacial score (nSPS) is 10.3. The maximum Gasteiger partial charge on any atom is 0.277 e. The van der Waals surface area contributed by atoms with Gasteiger partial charge in [-0.25, -0.2) is 4.68 Å². The van der Waals surface area contributed by atoms with Crippen LogP contribution in [0.3, 0.4) is 0 Å². The molecule has 0 saturated carbocycles. The summed E-state index contributed by atoms with van der Waals surface area (Å²) in [5.41, 5.74) is 6.42. The molecule has 1 rings (SSSR count). The van der Waals surface area contributed by atoms with Gasteiger partial charge in [-0.05, 0) is 19.4 Å². The van der Waals surface area contributed by atoms with E-state index in [0.29, 0.717) is 12.1 Å². The molecule has 1 aromatic rings. The second-order valence-electron chi connectivity index (χ2n) is 3.45. The van der Waals surface area contributed by atoms with Crippen LogP contribution < -0.4 is 11.3 Å². The molecule has 0 amide bonds. The summed E-state index contributed by atoms with van der Waals surface area (Å²) in [6.45, 7) is 4.51. The summed E-state index contributed by atoms with van der Waals surface area (Å²) in [6.07, 6.45) is 1.94. The number of aromatic nitrogens is 2. The van der Waals surface area contributed by atoms with Crippen LogP contribution in [0.2, 0.25) is 0 Å². The van der Waals surface area contributed by atoms with Gasteiger partial charge in [0.25, 0.3) is 5.56 Å². The third-order valence-electron chi connectivity index (χ3n) is 2.09. The van der Waals surface area contributed by atoms with Crippen molar-refractivity contribution in [2.75, 3.05) is 0 Å². The van der Waals surface area contributed by atoms with Crippen molar-refractivity contribution in [3.63, 3.8) is 0 Å². The average Bonchev–Trinajstić information content (AvgIpc) is 2.18. The van der Waals surface area contributed by atoms with Gasteiger partial charge in [0, 0.05) is 6.54 Å². The lowest BCUT2D eigenvalue weighted by Crippen LogP contribution is -2.31. The van der Waals surface area contributed by atoms with Gasteiger partial charge in [0.2, 0.25) is 0 Å². The number of hydrogen-bond acceptors (Lipinski definition) is 3. The van der Waals surface area contributed by atoms with Crippen LogP contribution in [0.15, 0.2) is 10.9 Å². The molecule has 2 N–H and O–H groups in total. The Morgan fingerprint density at radius 2 is 2.33 bits per heavy atom. The fraction of sp³-hybridized carbons (Fsp3) is 0.500. The van der Waals surface area contributed by atoms with E-state index in [1.807, 2.05) is 6.92 Å². The Bertz CT molecular complexity index is 425. The first-order valence-corrected chi connectivity index (χ1v) is 5.35. The van der Waals surface area contributed by atoms with Crippen LogP contribution in [0.5, 0.6) is 0 Å². The number of unbranched alkanes of at least 4 members (excludes halogenated alkanes) is 1. The lowest BCUT2D eigenvalue weighted by Gasteiger charge is -2.07. The van der Waals surface area contributed by atoms with E-state index in [1.54, 1.807) is 6.07 Å². The van der Waals surface area contributed by atoms with E-state index in [2.05, 4.69) is 12.0 Å². The van der Waals surface area contributed by atoms with Crippen molar-refractivity contribution < 1.29 is 0 Å². The molecule has 0 aliphatic rings. The molecule has 0 spiro atoms. The first-order valence-electron chi connectivity index (χ1n) is 4.94. The Kier molecular flexibility index (Phi) is 3.96. The van der Waals surface area contributed by atoms with E-state index in [4.69, 9.17) is 18.0 Å². The van der Waals surface area contributed by atoms with Crippen molar-refractivity contribution in [3.8, 4) is 0 Å². The second-order valence-corrected chi connectivity index (χ2v) is 3.89. The van der Waals surface area contributed by atoms with Crippen LogP contribution in [0.25, 0.3) is 0 Å². The summed E-state index contributed by atoms with van der Waals surface area (Å²) >= 11 is 4.82. The molecule has 0 bridgehead atoms. The number of aryl methyl sites for hydroxylation is 2. The van der Waals surface area contributed by atoms with Gasteiger partial charge < -0.3 is 5.73 Å². The molecule has 4 nitrogen and oxygen atoms in total. The molecular weight excluding hydrogens is 210 g/mol. The second kappa shape index (κ2) is 5.02. The van der Waals surface area contributed by atoms with Gasteiger partial charge >= 0.3 is 0 Å². The number of rotatable bonds is 4. The Morgan fingerprint density at radius 3 is 2.87 bits per heavy atom. The number of hydrogen-bond donors (Lipinski definition) is 1. The van der Waals surface area contributed by atoms with Crippen molar-refractivity contribution >= 4 is 17.2 Å². The molecule has 1 aromatic heterocycles. The molecule has 0 radical (unpaired) electrons. The number of nitrogens with two attached hydrogens (primary N) is 1. The predicted molar refractivity (Wildman–Crippen MR) is 64.0 cm³/mol. The molecule has 0 aliphatic carbocycles. The Morgan fingerprint density at radius 1 is 1.67 bits per heavy atom. The minimum atomic E-state index is -0.193. The van der Waals surface area contributed by atoms with E-state index in [9.17, 15) is 4.79 Å². The van der Waals surface area contributed by atoms with E-state index < -0.39 is 0 Å². The van der Waals surface area contributed by atoms with Crippen molar-refractivity contribution in [1.82, 2.24) is 9.78 Å². The van der Waals surface area contributed by atoms with Crippen molar-refractivity contribution in [2.24, 2.45) is 5.73 Å². The van der Waals surface area contributed by atoms with Crippen LogP contribution >= 0.6 is 12.2 Å². The highest BCUT2D eigenvalue weighted by Gasteiger charge is 2.08. The molecule has 0 aromatic carbocycles. The molecule has 0 aliphatic heterocycles. The fourth-order valence-electron chi connectivity index (χ4n) is 1.31. The first kappa shape index (κ1) is 11.8. The van der Waals surface area contributed by atoms with Gasteiger partial charge in [0.15, 0.2) is 0 Å². The highest BCUT2D eigenvalue weighted by molar-refractivity contribution is 7.80. The summed E-state index contributed by atoms with van der Waals surface area (Å²) in [4.78, 5) is 11.9. The summed E-state index contributed by atoms with van der Waals surface area (Å²) in [5.74, 6) is 0. The van der Waals surface area contributed by atoms with Gasteiger partial charge in [0.05, 0.1) is 11.3 Å². The summed E-state index contributed by atoms with van der Waals surface area (Å²) in [6, 6.07) is 1.63. The molecular formula is C10H15N3OS. The smallest absolute Gasteiger partial charge is 0.277 e. The molecule has 0 atom stereocenters. The molecule has 15 heavy (non-hydrogen) atoms. The summed E-state index contributed by atoms with van der Waals surface area (Å²) in [5, 5.41) is 4.14. The zero-order chi connectivity index (χ0) is 11.4. The topological polar surface area (TPSA) is 60.9 Å². The minimum Gasteiger partial charge on any atom is -0.389 e. The number of thiocarbonyl (C=S) groups is 1. The third-order valence-corrected chi connectivity index (χ3v) is 2.31. The van der Waals surface area contributed by atoms with Gasteiger partial charge in [-0.2, -0.15) is 5.10 Å². The van der Waals surface area contributed by atoms with Crippen LogP contribution in [0.4, 0.5) is 0 Å². The molecule has 0 unspecified atom stereocenters. The van der Waals surface area contributed by atoms with E-state index >= 15 is 0 Å². The lowest BCUT2D eigenvalue weighted by molar-refractivity contribution is 0.536. The SMILES string of the molecule is CCCCn1nc(C)cc(C(N)=S)c1=O. The maximum atomic E-state index is 11.8. The fourth-order valence-corrected chi connectivity index (χ4v) is 1.46. The zero-order valence-corrected chi connectivity index (χ0v) is 9.80. The highest BCUT2D eigenvalue weighted by Crippen LogP contribution is 1.97. The van der Waals surface area contributed by atoms with E-state index in [0.717, 1.165) is 18.5 Å². The quantitative estimate of drug-likeness (QED) is 0.776. The molecule has 0 saturated heterocycles. The van der Waals surface area contributed by atoms with Gasteiger partial charge in [0.1, 0.15) is 4.99 Å². The van der Waals surface area contributed by atoms with Gasteiger partial charge in [-0.15, -0.1) is 0 Å². The van der Waals surface area contributed by atoms with Crippen molar-refractivity contribution in [2.45, 2.75) is 33.2 Å². The highest BCUT2D eigenvalue weighted by atomic mass is 32.1. The Labute approximate surface area is 94.1 Å². The number of nitrogens with zero attached hydrogens (tertiary/aromatic N) is 2. The molecule has 5 heteroatoms. The van der Waals surface area contributed by atoms with Crippen LogP contribution in [0.1, 0.15) is 31.0 Å². The Balaban J connectivity index is 3.17. The minimum absolute atomic E-state index is 0.135. The van der Waals surface area contributed by atoms with Gasteiger partial charge in [-0.3, -0.25) is 4.79 Å². The van der Waals surface area contributed by atoms with E-state index in [1.165, 1.54) is 4.68 Å². The Hall–Kier alpha value is -1.23. The van der Waals surface area contributed by atoms with Crippen molar-refractivity contribution in [3.05, 3.63) is 27.7 Å². The molecule has 82 valence electrons. The summed E-state index contributed by atoms with van der Waals surface area (Å²) in [7, 11) is 0. The molecule has 0 fully saturated rings.